The highest BCUT2D eigenvalue weighted by Gasteiger charge is 2.30. The first-order chi connectivity index (χ1) is 13.8. The Balaban J connectivity index is 1.35. The van der Waals surface area contributed by atoms with Crippen LogP contribution in [-0.2, 0) is 11.3 Å². The normalized spacial score (nSPS) is 17.4. The predicted molar refractivity (Wildman–Crippen MR) is 101 cm³/mol. The van der Waals surface area contributed by atoms with E-state index in [2.05, 4.69) is 25.1 Å². The lowest BCUT2D eigenvalue weighted by Crippen LogP contribution is -2.38. The molecule has 3 aromatic heterocycles. The van der Waals surface area contributed by atoms with Crippen molar-refractivity contribution in [3.63, 3.8) is 0 Å². The van der Waals surface area contributed by atoms with Gasteiger partial charge in [-0.05, 0) is 36.8 Å². The molecule has 1 aliphatic heterocycles. The number of carbonyl (C=O) groups excluding carboxylic acids is 1. The summed E-state index contributed by atoms with van der Waals surface area (Å²) in [5.41, 5.74) is 3.55. The van der Waals surface area contributed by atoms with Crippen molar-refractivity contribution < 1.29 is 9.32 Å². The molecule has 1 N–H and O–H groups in total. The van der Waals surface area contributed by atoms with Gasteiger partial charge < -0.3 is 14.4 Å². The molecule has 1 saturated heterocycles. The number of H-pyrrole nitrogens is 1. The number of likely N-dealkylation sites (tertiary alicyclic amines) is 1. The molecule has 8 heteroatoms. The van der Waals surface area contributed by atoms with Gasteiger partial charge in [0.1, 0.15) is 0 Å². The quantitative estimate of drug-likeness (QED) is 0.589. The lowest BCUT2D eigenvalue weighted by molar-refractivity contribution is -0.134. The number of nitrogens with zero attached hydrogens (tertiary/aromatic N) is 5. The fraction of sp³-hybridized carbons (Fsp3) is 0.250. The molecule has 0 unspecified atom stereocenters. The van der Waals surface area contributed by atoms with E-state index in [1.807, 2.05) is 41.3 Å². The van der Waals surface area contributed by atoms with Crippen LogP contribution in [0.3, 0.4) is 0 Å². The number of rotatable bonds is 4. The van der Waals surface area contributed by atoms with Gasteiger partial charge in [-0.25, -0.2) is 4.98 Å². The largest absolute Gasteiger partial charge is 0.345 e. The number of nitrogens with one attached hydrogen (secondary N) is 1. The van der Waals surface area contributed by atoms with Gasteiger partial charge in [0.25, 0.3) is 0 Å². The van der Waals surface area contributed by atoms with E-state index in [1.165, 1.54) is 0 Å². The summed E-state index contributed by atoms with van der Waals surface area (Å²) >= 11 is 0. The van der Waals surface area contributed by atoms with E-state index in [9.17, 15) is 4.79 Å². The SMILES string of the molecule is O=C1CC[C@H](c2nc(-c3ccc4nc[nH]c4c3)no2)CN1Cc1ccccn1. The number of hydrogen-bond acceptors (Lipinski definition) is 6. The van der Waals surface area contributed by atoms with Crippen molar-refractivity contribution in [2.75, 3.05) is 6.54 Å². The molecule has 1 amide bonds. The average molecular weight is 374 g/mol. The van der Waals surface area contributed by atoms with Crippen LogP contribution in [0.4, 0.5) is 0 Å². The summed E-state index contributed by atoms with van der Waals surface area (Å²) < 4.78 is 5.55. The molecule has 28 heavy (non-hydrogen) atoms. The van der Waals surface area contributed by atoms with E-state index in [0.717, 1.165) is 22.3 Å². The summed E-state index contributed by atoms with van der Waals surface area (Å²) in [4.78, 5) is 30.4. The van der Waals surface area contributed by atoms with Gasteiger partial charge in [-0.3, -0.25) is 9.78 Å². The maximum absolute atomic E-state index is 12.3. The zero-order chi connectivity index (χ0) is 18.9. The summed E-state index contributed by atoms with van der Waals surface area (Å²) in [5.74, 6) is 1.27. The molecule has 0 radical (unpaired) electrons. The number of pyridine rings is 1. The molecule has 1 atom stereocenters. The lowest BCUT2D eigenvalue weighted by atomic mass is 9.97. The number of fused-ring (bicyclic) bond motifs is 1. The number of piperidine rings is 1. The standard InChI is InChI=1S/C20H18N6O2/c27-18-7-5-14(10-26(18)11-15-3-1-2-8-21-15)20-24-19(25-28-20)13-4-6-16-17(9-13)23-12-22-16/h1-4,6,8-9,12,14H,5,7,10-11H2,(H,22,23)/t14-/m0/s1. The molecule has 0 spiro atoms. The molecule has 1 aliphatic rings. The van der Waals surface area contributed by atoms with Crippen molar-refractivity contribution in [1.82, 2.24) is 30.0 Å². The topological polar surface area (TPSA) is 101 Å². The van der Waals surface area contributed by atoms with Crippen molar-refractivity contribution in [2.45, 2.75) is 25.3 Å². The average Bonchev–Trinajstić information content (AvgIpc) is 3.39. The van der Waals surface area contributed by atoms with Crippen molar-refractivity contribution in [2.24, 2.45) is 0 Å². The van der Waals surface area contributed by atoms with Crippen molar-refractivity contribution in [3.05, 3.63) is 60.5 Å². The van der Waals surface area contributed by atoms with E-state index < -0.39 is 0 Å². The van der Waals surface area contributed by atoms with Crippen LogP contribution in [0, 0.1) is 0 Å². The Morgan fingerprint density at radius 3 is 3.07 bits per heavy atom. The highest BCUT2D eigenvalue weighted by molar-refractivity contribution is 5.80. The van der Waals surface area contributed by atoms with Gasteiger partial charge in [0.15, 0.2) is 0 Å². The van der Waals surface area contributed by atoms with E-state index in [4.69, 9.17) is 4.52 Å². The third-order valence-electron chi connectivity index (χ3n) is 5.05. The minimum absolute atomic E-state index is 0.0264. The van der Waals surface area contributed by atoms with Crippen LogP contribution in [0.5, 0.6) is 0 Å². The van der Waals surface area contributed by atoms with Gasteiger partial charge in [-0.1, -0.05) is 11.2 Å². The molecule has 8 nitrogen and oxygen atoms in total. The Hall–Kier alpha value is -3.55. The molecule has 4 heterocycles. The molecule has 5 rings (SSSR count). The highest BCUT2D eigenvalue weighted by atomic mass is 16.5. The van der Waals surface area contributed by atoms with Crippen LogP contribution in [0.15, 0.2) is 53.4 Å². The summed E-state index contributed by atoms with van der Waals surface area (Å²) in [6, 6.07) is 11.5. The van der Waals surface area contributed by atoms with E-state index in [-0.39, 0.29) is 11.8 Å². The Morgan fingerprint density at radius 1 is 1.21 bits per heavy atom. The van der Waals surface area contributed by atoms with Gasteiger partial charge in [-0.15, -0.1) is 0 Å². The molecule has 1 aromatic carbocycles. The molecule has 140 valence electrons. The first-order valence-corrected chi connectivity index (χ1v) is 9.21. The van der Waals surface area contributed by atoms with Gasteiger partial charge in [-0.2, -0.15) is 4.98 Å². The number of carbonyl (C=O) groups is 1. The molecule has 0 saturated carbocycles. The van der Waals surface area contributed by atoms with Crippen molar-refractivity contribution in [3.8, 4) is 11.4 Å². The minimum atomic E-state index is 0.0264. The molecular formula is C20H18N6O2. The molecule has 4 aromatic rings. The van der Waals surface area contributed by atoms with Crippen LogP contribution in [0.1, 0.15) is 30.3 Å². The second-order valence-electron chi connectivity index (χ2n) is 6.92. The number of hydrogen-bond donors (Lipinski definition) is 1. The fourth-order valence-electron chi connectivity index (χ4n) is 3.55. The van der Waals surface area contributed by atoms with Gasteiger partial charge in [0.05, 0.1) is 35.5 Å². The number of benzene rings is 1. The Bertz CT molecular complexity index is 1120. The maximum atomic E-state index is 12.3. The van der Waals surface area contributed by atoms with E-state index >= 15 is 0 Å². The monoisotopic (exact) mass is 374 g/mol. The summed E-state index contributed by atoms with van der Waals surface area (Å²) in [5, 5.41) is 4.14. The fourth-order valence-corrected chi connectivity index (χ4v) is 3.55. The summed E-state index contributed by atoms with van der Waals surface area (Å²) in [7, 11) is 0. The first kappa shape index (κ1) is 16.6. The van der Waals surface area contributed by atoms with Crippen LogP contribution in [0.25, 0.3) is 22.4 Å². The second-order valence-corrected chi connectivity index (χ2v) is 6.92. The Labute approximate surface area is 160 Å². The van der Waals surface area contributed by atoms with Gasteiger partial charge in [0.2, 0.25) is 17.6 Å². The number of imidazole rings is 1. The number of amides is 1. The maximum Gasteiger partial charge on any atom is 0.231 e. The van der Waals surface area contributed by atoms with E-state index in [0.29, 0.717) is 37.6 Å². The van der Waals surface area contributed by atoms with Crippen LogP contribution < -0.4 is 0 Å². The van der Waals surface area contributed by atoms with Crippen LogP contribution in [0.2, 0.25) is 0 Å². The summed E-state index contributed by atoms with van der Waals surface area (Å²) in [6.45, 7) is 1.05. The van der Waals surface area contributed by atoms with Gasteiger partial charge in [0, 0.05) is 24.7 Å². The third-order valence-corrected chi connectivity index (χ3v) is 5.05. The van der Waals surface area contributed by atoms with Crippen molar-refractivity contribution in [1.29, 1.82) is 0 Å². The zero-order valence-electron chi connectivity index (χ0n) is 15.1. The number of aromatic nitrogens is 5. The molecule has 0 aliphatic carbocycles. The smallest absolute Gasteiger partial charge is 0.231 e. The summed E-state index contributed by atoms with van der Waals surface area (Å²) in [6.07, 6.45) is 4.57. The highest BCUT2D eigenvalue weighted by Crippen LogP contribution is 2.29. The number of aromatic amines is 1. The third kappa shape index (κ3) is 3.13. The second kappa shape index (κ2) is 6.88. The zero-order valence-corrected chi connectivity index (χ0v) is 15.1. The Kier molecular flexibility index (Phi) is 4.08. The lowest BCUT2D eigenvalue weighted by Gasteiger charge is -2.30. The van der Waals surface area contributed by atoms with Crippen LogP contribution >= 0.6 is 0 Å². The minimum Gasteiger partial charge on any atom is -0.345 e. The van der Waals surface area contributed by atoms with Crippen molar-refractivity contribution >= 4 is 16.9 Å². The first-order valence-electron chi connectivity index (χ1n) is 9.21. The molecule has 1 fully saturated rings. The van der Waals surface area contributed by atoms with Crippen LogP contribution in [-0.4, -0.2) is 42.4 Å². The van der Waals surface area contributed by atoms with Gasteiger partial charge >= 0.3 is 0 Å². The predicted octanol–water partition coefficient (Wildman–Crippen LogP) is 2.91. The van der Waals surface area contributed by atoms with E-state index in [1.54, 1.807) is 12.5 Å². The molecular weight excluding hydrogens is 356 g/mol. The molecule has 0 bridgehead atoms. The Morgan fingerprint density at radius 2 is 2.18 bits per heavy atom.